The summed E-state index contributed by atoms with van der Waals surface area (Å²) in [7, 11) is 2.15. The zero-order chi connectivity index (χ0) is 30.9. The third kappa shape index (κ3) is 13.7. The molecule has 0 spiro atoms. The third-order valence-corrected chi connectivity index (χ3v) is 8.11. The Bertz CT molecular complexity index is 954. The highest BCUT2D eigenvalue weighted by Crippen LogP contribution is 2.10. The summed E-state index contributed by atoms with van der Waals surface area (Å²) in [6, 6.07) is 23.2. The van der Waals surface area contributed by atoms with Crippen LogP contribution in [0.5, 0.6) is 0 Å². The Kier molecular flexibility index (Phi) is 16.8. The molecule has 0 N–H and O–H groups in total. The van der Waals surface area contributed by atoms with Crippen LogP contribution in [0.15, 0.2) is 60.7 Å². The molecule has 7 heteroatoms. The number of rotatable bonds is 8. The fraction of sp³-hybridized carbons (Fsp3) is 0.629. The lowest BCUT2D eigenvalue weighted by molar-refractivity contribution is 0.0712. The van der Waals surface area contributed by atoms with E-state index in [1.54, 1.807) is 4.90 Å². The predicted molar refractivity (Wildman–Crippen MR) is 177 cm³/mol. The van der Waals surface area contributed by atoms with E-state index >= 15 is 0 Å². The number of benzene rings is 2. The van der Waals surface area contributed by atoms with E-state index in [-0.39, 0.29) is 6.09 Å². The van der Waals surface area contributed by atoms with Gasteiger partial charge in [0.15, 0.2) is 0 Å². The fourth-order valence-electron chi connectivity index (χ4n) is 4.97. The maximum atomic E-state index is 11.4. The Hall–Kier alpha value is -2.45. The van der Waals surface area contributed by atoms with Crippen molar-refractivity contribution in [3.05, 3.63) is 71.8 Å². The molecular weight excluding hydrogens is 522 g/mol. The van der Waals surface area contributed by atoms with Crippen LogP contribution in [0.3, 0.4) is 0 Å². The van der Waals surface area contributed by atoms with Crippen LogP contribution < -0.4 is 0 Å². The van der Waals surface area contributed by atoms with Gasteiger partial charge in [-0.15, -0.1) is 0 Å². The van der Waals surface area contributed by atoms with E-state index in [0.717, 1.165) is 39.3 Å². The zero-order valence-electron chi connectivity index (χ0n) is 27.8. The van der Waals surface area contributed by atoms with Crippen LogP contribution in [0.2, 0.25) is 0 Å². The summed E-state index contributed by atoms with van der Waals surface area (Å²) in [6.45, 7) is 26.1. The van der Waals surface area contributed by atoms with Gasteiger partial charge in [0.1, 0.15) is 0 Å². The number of ether oxygens (including phenoxy) is 1. The molecule has 42 heavy (non-hydrogen) atoms. The normalized spacial score (nSPS) is 16.7. The summed E-state index contributed by atoms with van der Waals surface area (Å²) in [5, 5.41) is 0. The van der Waals surface area contributed by atoms with E-state index in [4.69, 9.17) is 4.74 Å². The molecule has 4 rings (SSSR count). The first-order chi connectivity index (χ1) is 20.1. The maximum Gasteiger partial charge on any atom is 0.409 e. The van der Waals surface area contributed by atoms with Crippen molar-refractivity contribution in [1.82, 2.24) is 24.5 Å². The highest BCUT2D eigenvalue weighted by atomic mass is 16.6. The molecule has 0 unspecified atom stereocenters. The van der Waals surface area contributed by atoms with Gasteiger partial charge in [-0.25, -0.2) is 4.79 Å². The van der Waals surface area contributed by atoms with Gasteiger partial charge in [0, 0.05) is 83.6 Å². The number of nitrogens with zero attached hydrogens (tertiary/aromatic N) is 5. The van der Waals surface area contributed by atoms with Crippen molar-refractivity contribution < 1.29 is 9.53 Å². The quantitative estimate of drug-likeness (QED) is 0.386. The summed E-state index contributed by atoms with van der Waals surface area (Å²) in [6.07, 6.45) is -0.170. The van der Waals surface area contributed by atoms with E-state index < -0.39 is 0 Å². The molecule has 1 amide bonds. The summed E-state index contributed by atoms with van der Waals surface area (Å²) in [5.41, 5.74) is 2.81. The molecule has 2 aromatic rings. The second-order valence-electron chi connectivity index (χ2n) is 12.2. The van der Waals surface area contributed by atoms with E-state index in [2.05, 4.69) is 129 Å². The maximum absolute atomic E-state index is 11.4. The minimum absolute atomic E-state index is 0.170. The molecule has 2 heterocycles. The van der Waals surface area contributed by atoms with Crippen LogP contribution in [0.25, 0.3) is 0 Å². The summed E-state index contributed by atoms with van der Waals surface area (Å²) in [5.74, 6) is 0. The van der Waals surface area contributed by atoms with Crippen LogP contribution in [-0.4, -0.2) is 115 Å². The second kappa shape index (κ2) is 19.7. The molecule has 2 aliphatic rings. The average Bonchev–Trinajstić information content (AvgIpc) is 2.99. The minimum atomic E-state index is -0.170. The van der Waals surface area contributed by atoms with E-state index in [9.17, 15) is 4.79 Å². The van der Waals surface area contributed by atoms with E-state index in [0.29, 0.717) is 24.7 Å². The lowest BCUT2D eigenvalue weighted by atomic mass is 10.2. The van der Waals surface area contributed by atoms with Crippen molar-refractivity contribution in [2.45, 2.75) is 79.7 Å². The highest BCUT2D eigenvalue weighted by Gasteiger charge is 2.23. The third-order valence-electron chi connectivity index (χ3n) is 8.11. The van der Waals surface area contributed by atoms with E-state index in [1.807, 2.05) is 6.92 Å². The van der Waals surface area contributed by atoms with Gasteiger partial charge >= 0.3 is 6.09 Å². The van der Waals surface area contributed by atoms with Gasteiger partial charge in [-0.3, -0.25) is 19.6 Å². The lowest BCUT2D eigenvalue weighted by Crippen LogP contribution is -2.50. The molecule has 7 nitrogen and oxygen atoms in total. The Morgan fingerprint density at radius 2 is 1.17 bits per heavy atom. The van der Waals surface area contributed by atoms with Gasteiger partial charge in [-0.1, -0.05) is 60.7 Å². The molecule has 0 radical (unpaired) electrons. The molecule has 0 atom stereocenters. The molecule has 0 aliphatic carbocycles. The predicted octanol–water partition coefficient (Wildman–Crippen LogP) is 5.91. The van der Waals surface area contributed by atoms with Crippen molar-refractivity contribution in [3.63, 3.8) is 0 Å². The number of hydrogen-bond acceptors (Lipinski definition) is 6. The molecule has 2 fully saturated rings. The Morgan fingerprint density at radius 3 is 1.60 bits per heavy atom. The zero-order valence-corrected chi connectivity index (χ0v) is 27.8. The summed E-state index contributed by atoms with van der Waals surface area (Å²) < 4.78 is 4.95. The Morgan fingerprint density at radius 1 is 0.714 bits per heavy atom. The smallest absolute Gasteiger partial charge is 0.409 e. The number of carbonyl (C=O) groups is 1. The van der Waals surface area contributed by atoms with Gasteiger partial charge < -0.3 is 9.64 Å². The number of piperazine rings is 2. The van der Waals surface area contributed by atoms with Crippen LogP contribution in [0, 0.1) is 0 Å². The molecule has 0 saturated carbocycles. The molecule has 0 aromatic heterocycles. The van der Waals surface area contributed by atoms with Crippen molar-refractivity contribution in [2.75, 3.05) is 66.0 Å². The standard InChI is InChI=1S/C14H22N2.C11H17N.C10H20N2O2/c1-13(2)16-10-8-15(9-11-16)12-14-6-4-3-5-7-14;1-10(2)12(3)9-11-7-5-4-6-8-11;1-4-14-10(13)12-7-5-11(6-8-12)9(2)3/h3-7,13H,8-12H2,1-2H3;4-8,10H,9H2,1-3H3;9H,4-8H2,1-3H3. The van der Waals surface area contributed by atoms with Gasteiger partial charge in [0.2, 0.25) is 0 Å². The molecular formula is C35H59N5O2. The Labute approximate surface area is 257 Å². The van der Waals surface area contributed by atoms with Crippen molar-refractivity contribution in [1.29, 1.82) is 0 Å². The first-order valence-electron chi connectivity index (χ1n) is 16.0. The second-order valence-corrected chi connectivity index (χ2v) is 12.2. The molecule has 2 aromatic carbocycles. The minimum Gasteiger partial charge on any atom is -0.450 e. The Balaban J connectivity index is 0.000000223. The van der Waals surface area contributed by atoms with Gasteiger partial charge in [-0.2, -0.15) is 0 Å². The van der Waals surface area contributed by atoms with Crippen LogP contribution in [0.4, 0.5) is 4.79 Å². The number of hydrogen-bond donors (Lipinski definition) is 0. The largest absolute Gasteiger partial charge is 0.450 e. The summed E-state index contributed by atoms with van der Waals surface area (Å²) in [4.78, 5) is 22.9. The van der Waals surface area contributed by atoms with Crippen LogP contribution in [0.1, 0.15) is 59.6 Å². The molecule has 2 aliphatic heterocycles. The number of amides is 1. The van der Waals surface area contributed by atoms with Crippen LogP contribution >= 0.6 is 0 Å². The van der Waals surface area contributed by atoms with Gasteiger partial charge in [0.05, 0.1) is 6.61 Å². The molecule has 2 saturated heterocycles. The number of carbonyl (C=O) groups excluding carboxylic acids is 1. The molecule has 0 bridgehead atoms. The fourth-order valence-corrected chi connectivity index (χ4v) is 4.97. The first-order valence-corrected chi connectivity index (χ1v) is 16.0. The van der Waals surface area contributed by atoms with Crippen molar-refractivity contribution in [2.24, 2.45) is 0 Å². The van der Waals surface area contributed by atoms with Gasteiger partial charge in [0.25, 0.3) is 0 Å². The lowest BCUT2D eigenvalue weighted by Gasteiger charge is -2.36. The van der Waals surface area contributed by atoms with Crippen molar-refractivity contribution in [3.8, 4) is 0 Å². The topological polar surface area (TPSA) is 42.5 Å². The van der Waals surface area contributed by atoms with Gasteiger partial charge in [-0.05, 0) is 66.6 Å². The first kappa shape index (κ1) is 35.7. The van der Waals surface area contributed by atoms with E-state index in [1.165, 1.54) is 37.3 Å². The van der Waals surface area contributed by atoms with Crippen molar-refractivity contribution >= 4 is 6.09 Å². The average molecular weight is 582 g/mol. The monoisotopic (exact) mass is 581 g/mol. The molecule has 236 valence electrons. The van der Waals surface area contributed by atoms with Crippen LogP contribution in [-0.2, 0) is 17.8 Å². The highest BCUT2D eigenvalue weighted by molar-refractivity contribution is 5.67. The summed E-state index contributed by atoms with van der Waals surface area (Å²) >= 11 is 0. The SMILES string of the molecule is CC(C)N(C)Cc1ccccc1.CC(C)N1CCN(Cc2ccccc2)CC1.CCOC(=O)N1CCN(C(C)C)CC1.